The Bertz CT molecular complexity index is 4260. The minimum absolute atomic E-state index is 0. The summed E-state index contributed by atoms with van der Waals surface area (Å²) in [6.07, 6.45) is 3.42. The van der Waals surface area contributed by atoms with Gasteiger partial charge < -0.3 is 20.8 Å². The molecular formula is C61H40N6Na2O13S2. The number of nitrogens with one attached hydrogen (secondary N) is 2. The third-order valence-electron chi connectivity index (χ3n) is 13.9. The van der Waals surface area contributed by atoms with Crippen molar-refractivity contribution >= 4 is 107 Å². The summed E-state index contributed by atoms with van der Waals surface area (Å²) in [6.45, 7) is 3.70. The molecule has 11 rings (SSSR count). The Morgan fingerprint density at radius 2 is 0.774 bits per heavy atom. The first-order valence-electron chi connectivity index (χ1n) is 25.0. The molecule has 0 bridgehead atoms. The zero-order valence-electron chi connectivity index (χ0n) is 44.9. The van der Waals surface area contributed by atoms with Crippen LogP contribution in [0.2, 0.25) is 0 Å². The van der Waals surface area contributed by atoms with Gasteiger partial charge in [0.2, 0.25) is 0 Å². The van der Waals surface area contributed by atoms with Gasteiger partial charge in [-0.3, -0.25) is 33.1 Å². The van der Waals surface area contributed by atoms with Crippen molar-refractivity contribution in [1.29, 1.82) is 0 Å². The second-order valence-corrected chi connectivity index (χ2v) is 22.2. The zero-order chi connectivity index (χ0) is 57.9. The second kappa shape index (κ2) is 23.8. The second-order valence-electron chi connectivity index (χ2n) is 19.4. The van der Waals surface area contributed by atoms with Gasteiger partial charge in [0.15, 0.2) is 28.9 Å². The van der Waals surface area contributed by atoms with Crippen molar-refractivity contribution in [3.8, 4) is 11.5 Å². The molecule has 0 aromatic heterocycles. The van der Waals surface area contributed by atoms with Crippen LogP contribution in [0, 0.1) is 13.8 Å². The standard InChI is InChI=1S/C61H42N6O13S2.2Na/c1-31-11-19-37(20-12-31)62-45-29-49(81(75,76)77)55(53-51(45)58(71)39-7-3-5-9-41(39)60(53)73)66-64-43-27-33(15-23-47(43)68)25-35-17-18-36(57(35)70)26-34-16-24-48(69)44(28-34)65-67-56-50(82(78,79)80)30-46(63-38-21-13-32(2)14-22-38)52-54(56)61(74)42-10-6-4-8-40(42)59(52)72;;/h3-16,19-30,62-63,68-69H,17-18H2,1-2H3,(H,75,76,77)(H,78,79,80);;/q;2*+1/p-2/b35-25+,36-26+,66-64?,67-65?;;. The number of fused-ring (bicyclic) bond motifs is 4. The van der Waals surface area contributed by atoms with Crippen molar-refractivity contribution in [3.63, 3.8) is 0 Å². The van der Waals surface area contributed by atoms with Crippen LogP contribution in [0.25, 0.3) is 12.2 Å². The Kier molecular flexibility index (Phi) is 17.1. The van der Waals surface area contributed by atoms with Gasteiger partial charge in [0, 0.05) is 44.8 Å². The summed E-state index contributed by atoms with van der Waals surface area (Å²) in [5, 5.41) is 48.8. The molecule has 8 aromatic carbocycles. The number of benzene rings is 8. The Morgan fingerprint density at radius 1 is 0.440 bits per heavy atom. The van der Waals surface area contributed by atoms with Crippen molar-refractivity contribution in [2.24, 2.45) is 20.5 Å². The third kappa shape index (κ3) is 11.7. The molecule has 0 spiro atoms. The predicted molar refractivity (Wildman–Crippen MR) is 298 cm³/mol. The Balaban J connectivity index is 0.00000423. The van der Waals surface area contributed by atoms with Crippen LogP contribution < -0.4 is 80.0 Å². The number of hydrogen-bond acceptors (Lipinski definition) is 17. The fraction of sp³-hybridized carbons (Fsp3) is 0.0656. The van der Waals surface area contributed by atoms with Crippen LogP contribution in [0.5, 0.6) is 11.5 Å². The fourth-order valence-electron chi connectivity index (χ4n) is 9.87. The summed E-state index contributed by atoms with van der Waals surface area (Å²) < 4.78 is 73.5. The molecule has 0 saturated heterocycles. The van der Waals surface area contributed by atoms with Gasteiger partial charge in [-0.05, 0) is 98.5 Å². The van der Waals surface area contributed by atoms with E-state index in [-0.39, 0.29) is 128 Å². The minimum atomic E-state index is -5.20. The Hall–Kier alpha value is -8.19. The average Bonchev–Trinajstić information content (AvgIpc) is 1.04. The van der Waals surface area contributed by atoms with Crippen LogP contribution in [0.1, 0.15) is 98.8 Å². The van der Waals surface area contributed by atoms with Gasteiger partial charge in [0.05, 0.1) is 45.0 Å². The molecule has 0 amide bonds. The van der Waals surface area contributed by atoms with Crippen LogP contribution in [0.15, 0.2) is 187 Å². The molecule has 0 aliphatic heterocycles. The SMILES string of the molecule is Cc1ccc(Nc2cc(S(=O)(=O)O)c(N=Nc3cc(/C=C4\CC/C(=C\c5ccc([O-])c(N=Nc6c(S(=O)(=O)O)cc(Nc7ccc(C)cc7)c7c6C(=O)c6ccccc6C7=O)c5)C4=O)ccc3[O-])c3c2C(=O)c2ccccc2C3=O)cc1.[Na+].[Na+]. The summed E-state index contributed by atoms with van der Waals surface area (Å²) in [5.41, 5.74) is -0.0228. The van der Waals surface area contributed by atoms with Crippen LogP contribution in [0.4, 0.5) is 45.5 Å². The van der Waals surface area contributed by atoms with Crippen LogP contribution in [-0.2, 0) is 25.0 Å². The van der Waals surface area contributed by atoms with Crippen molar-refractivity contribution in [1.82, 2.24) is 0 Å². The monoisotopic (exact) mass is 1170 g/mol. The molecule has 3 aliphatic rings. The molecule has 0 heterocycles. The average molecular weight is 1180 g/mol. The molecule has 406 valence electrons. The number of ketones is 5. The van der Waals surface area contributed by atoms with Crippen molar-refractivity contribution in [3.05, 3.63) is 224 Å². The number of nitrogens with zero attached hydrogens (tertiary/aromatic N) is 4. The molecule has 3 aliphatic carbocycles. The fourth-order valence-corrected chi connectivity index (χ4v) is 11.2. The van der Waals surface area contributed by atoms with Gasteiger partial charge in [-0.1, -0.05) is 120 Å². The molecule has 1 fully saturated rings. The van der Waals surface area contributed by atoms with Gasteiger partial charge in [-0.2, -0.15) is 27.1 Å². The van der Waals surface area contributed by atoms with Crippen LogP contribution in [-0.4, -0.2) is 54.9 Å². The molecule has 0 unspecified atom stereocenters. The number of rotatable bonds is 12. The number of anilines is 4. The van der Waals surface area contributed by atoms with E-state index in [4.69, 9.17) is 0 Å². The zero-order valence-corrected chi connectivity index (χ0v) is 50.5. The number of azo groups is 2. The molecule has 84 heavy (non-hydrogen) atoms. The van der Waals surface area contributed by atoms with Gasteiger partial charge in [0.1, 0.15) is 21.2 Å². The van der Waals surface area contributed by atoms with Crippen molar-refractivity contribution in [2.45, 2.75) is 36.5 Å². The summed E-state index contributed by atoms with van der Waals surface area (Å²) in [6, 6.07) is 35.1. The minimum Gasteiger partial charge on any atom is -0.871 e. The molecule has 0 atom stereocenters. The third-order valence-corrected chi connectivity index (χ3v) is 15.6. The maximum Gasteiger partial charge on any atom is 1.00 e. The summed E-state index contributed by atoms with van der Waals surface area (Å²) in [5.74, 6) is -4.70. The number of hydrogen-bond donors (Lipinski definition) is 4. The topological polar surface area (TPSA) is 314 Å². The molecule has 4 N–H and O–H groups in total. The van der Waals surface area contributed by atoms with E-state index >= 15 is 0 Å². The first-order chi connectivity index (χ1) is 39.1. The van der Waals surface area contributed by atoms with E-state index in [1.54, 1.807) is 60.7 Å². The first-order valence-corrected chi connectivity index (χ1v) is 27.8. The maximum atomic E-state index is 14.3. The number of carbonyl (C=O) groups excluding carboxylic acids is 5. The van der Waals surface area contributed by atoms with E-state index in [1.165, 1.54) is 72.8 Å². The van der Waals surface area contributed by atoms with E-state index in [0.717, 1.165) is 35.4 Å². The van der Waals surface area contributed by atoms with E-state index in [1.807, 2.05) is 13.8 Å². The number of Topliss-reactive ketones (excluding diaryl/α,β-unsaturated/α-hetero) is 1. The van der Waals surface area contributed by atoms with Gasteiger partial charge in [0.25, 0.3) is 20.2 Å². The smallest absolute Gasteiger partial charge is 0.871 e. The van der Waals surface area contributed by atoms with Gasteiger partial charge >= 0.3 is 59.1 Å². The molecular weight excluding hydrogens is 1130 g/mol. The maximum absolute atomic E-state index is 14.3. The van der Waals surface area contributed by atoms with Gasteiger partial charge in [-0.15, -0.1) is 10.2 Å². The first kappa shape index (κ1) is 60.4. The molecule has 1 saturated carbocycles. The number of allylic oxidation sites excluding steroid dienone is 2. The predicted octanol–water partition coefficient (Wildman–Crippen LogP) is 5.65. The van der Waals surface area contributed by atoms with Crippen molar-refractivity contribution in [2.75, 3.05) is 10.6 Å². The van der Waals surface area contributed by atoms with E-state index in [9.17, 15) is 60.1 Å². The number of aryl methyl sites for hydroxylation is 2. The molecule has 8 aromatic rings. The van der Waals surface area contributed by atoms with Crippen molar-refractivity contribution < 1.29 is 119 Å². The van der Waals surface area contributed by atoms with E-state index in [2.05, 4.69) is 31.1 Å². The summed E-state index contributed by atoms with van der Waals surface area (Å²) >= 11 is 0. The normalized spacial score (nSPS) is 14.7. The van der Waals surface area contributed by atoms with Gasteiger partial charge in [-0.25, -0.2) is 0 Å². The summed E-state index contributed by atoms with van der Waals surface area (Å²) in [4.78, 5) is 69.1. The summed E-state index contributed by atoms with van der Waals surface area (Å²) in [7, 11) is -10.4. The number of carbonyl (C=O) groups is 5. The Morgan fingerprint density at radius 3 is 1.11 bits per heavy atom. The van der Waals surface area contributed by atoms with E-state index < -0.39 is 92.9 Å². The Labute approximate surface area is 524 Å². The largest absolute Gasteiger partial charge is 1.00 e. The molecule has 0 radical (unpaired) electrons. The van der Waals surface area contributed by atoms with Crippen LogP contribution in [0.3, 0.4) is 0 Å². The van der Waals surface area contributed by atoms with Crippen LogP contribution >= 0.6 is 0 Å². The molecule has 19 nitrogen and oxygen atoms in total. The quantitative estimate of drug-likeness (QED) is 0.0497. The molecule has 23 heteroatoms. The van der Waals surface area contributed by atoms with E-state index in [0.29, 0.717) is 33.6 Å².